The normalized spacial score (nSPS) is 12.2. The number of carbonyl (C=O) groups is 2. The molecule has 1 amide bonds. The van der Waals surface area contributed by atoms with Gasteiger partial charge in [-0.2, -0.15) is 8.42 Å². The maximum atomic E-state index is 11.6. The molecule has 0 aliphatic carbocycles. The number of rotatable bonds is 15. The van der Waals surface area contributed by atoms with Crippen LogP contribution in [0.5, 0.6) is 0 Å². The first-order valence-electron chi connectivity index (χ1n) is 8.70. The van der Waals surface area contributed by atoms with Gasteiger partial charge in [-0.1, -0.05) is 64.7 Å². The van der Waals surface area contributed by atoms with E-state index >= 15 is 0 Å². The van der Waals surface area contributed by atoms with E-state index in [0.717, 1.165) is 19.3 Å². The van der Waals surface area contributed by atoms with Crippen molar-refractivity contribution in [3.05, 3.63) is 0 Å². The Kier molecular flexibility index (Phi) is 17.4. The molecule has 0 aromatic heterocycles. The number of nitrogens with two attached hydrogens (primary N) is 1. The van der Waals surface area contributed by atoms with Crippen molar-refractivity contribution in [1.29, 1.82) is 0 Å². The Morgan fingerprint density at radius 1 is 1.00 bits per heavy atom. The Labute approximate surface area is 175 Å². The zero-order valence-electron chi connectivity index (χ0n) is 16.5. The average molecular weight is 389 g/mol. The van der Waals surface area contributed by atoms with Crippen molar-refractivity contribution in [3.63, 3.8) is 0 Å². The number of carbonyl (C=O) groups excluding carboxylic acids is 2. The van der Waals surface area contributed by atoms with Gasteiger partial charge in [-0.05, 0) is 6.42 Å². The third-order valence-electron chi connectivity index (χ3n) is 3.75. The van der Waals surface area contributed by atoms with Crippen molar-refractivity contribution in [3.8, 4) is 0 Å². The second-order valence-electron chi connectivity index (χ2n) is 6.02. The summed E-state index contributed by atoms with van der Waals surface area (Å²) >= 11 is 0. The number of amides is 1. The van der Waals surface area contributed by atoms with E-state index in [4.69, 9.17) is 15.0 Å². The summed E-state index contributed by atoms with van der Waals surface area (Å²) in [6.07, 6.45) is 10.5. The first-order chi connectivity index (χ1) is 11.3. The topological polar surface area (TPSA) is 124 Å². The molecule has 0 spiro atoms. The molecule has 3 N–H and O–H groups in total. The summed E-state index contributed by atoms with van der Waals surface area (Å²) in [7, 11) is -4.70. The van der Waals surface area contributed by atoms with Crippen LogP contribution in [0.25, 0.3) is 0 Å². The Morgan fingerprint density at radius 2 is 1.44 bits per heavy atom. The number of hydrogen-bond donors (Lipinski definition) is 2. The molecule has 0 fully saturated rings. The Hall–Kier alpha value is -0.150. The van der Waals surface area contributed by atoms with Gasteiger partial charge in [0.05, 0.1) is 13.0 Å². The SMILES string of the molecule is CCCCCCCCCCCCOC(=O)C(CC(N)=O)S(=O)(=O)O.[H-].[Na+]. The predicted octanol–water partition coefficient (Wildman–Crippen LogP) is -0.301. The van der Waals surface area contributed by atoms with Crippen LogP contribution in [0, 0.1) is 0 Å². The zero-order chi connectivity index (χ0) is 18.4. The monoisotopic (exact) mass is 389 g/mol. The van der Waals surface area contributed by atoms with Crippen molar-refractivity contribution < 1.29 is 58.3 Å². The summed E-state index contributed by atoms with van der Waals surface area (Å²) in [6.45, 7) is 2.26. The average Bonchev–Trinajstić information content (AvgIpc) is 2.48. The third kappa shape index (κ3) is 15.8. The second kappa shape index (κ2) is 16.1. The van der Waals surface area contributed by atoms with Crippen LogP contribution in [0.4, 0.5) is 0 Å². The quantitative estimate of drug-likeness (QED) is 0.171. The molecule has 1 unspecified atom stereocenters. The van der Waals surface area contributed by atoms with Crippen LogP contribution >= 0.6 is 0 Å². The smallest absolute Gasteiger partial charge is 1.00 e. The fraction of sp³-hybridized carbons (Fsp3) is 0.875. The third-order valence-corrected chi connectivity index (χ3v) is 4.83. The molecule has 144 valence electrons. The van der Waals surface area contributed by atoms with Crippen LogP contribution in [0.2, 0.25) is 0 Å². The largest absolute Gasteiger partial charge is 1.00 e. The molecular weight excluding hydrogens is 357 g/mol. The van der Waals surface area contributed by atoms with Crippen molar-refractivity contribution >= 4 is 22.0 Å². The minimum Gasteiger partial charge on any atom is -1.00 e. The Balaban J connectivity index is -0.00000264. The molecule has 0 aromatic rings. The van der Waals surface area contributed by atoms with Crippen LogP contribution in [0.1, 0.15) is 79.0 Å². The van der Waals surface area contributed by atoms with E-state index < -0.39 is 33.7 Å². The molecule has 0 saturated heterocycles. The molecule has 0 saturated carbocycles. The van der Waals surface area contributed by atoms with Gasteiger partial charge in [0.2, 0.25) is 5.91 Å². The fourth-order valence-corrected chi connectivity index (χ4v) is 3.03. The number of primary amides is 1. The van der Waals surface area contributed by atoms with E-state index in [2.05, 4.69) is 6.92 Å². The van der Waals surface area contributed by atoms with Crippen molar-refractivity contribution in [1.82, 2.24) is 0 Å². The molecule has 9 heteroatoms. The van der Waals surface area contributed by atoms with Gasteiger partial charge < -0.3 is 11.9 Å². The predicted molar refractivity (Wildman–Crippen MR) is 93.1 cm³/mol. The number of unbranched alkanes of at least 4 members (excludes halogenated alkanes) is 9. The molecule has 0 rings (SSSR count). The maximum Gasteiger partial charge on any atom is 1.00 e. The van der Waals surface area contributed by atoms with E-state index in [9.17, 15) is 18.0 Å². The van der Waals surface area contributed by atoms with Gasteiger partial charge in [0, 0.05) is 0 Å². The van der Waals surface area contributed by atoms with Crippen LogP contribution in [-0.2, 0) is 24.4 Å². The van der Waals surface area contributed by atoms with Crippen molar-refractivity contribution in [2.45, 2.75) is 82.8 Å². The molecule has 0 bridgehead atoms. The number of esters is 1. The van der Waals surface area contributed by atoms with Crippen LogP contribution < -0.4 is 35.3 Å². The molecule has 1 atom stereocenters. The molecule has 0 radical (unpaired) electrons. The van der Waals surface area contributed by atoms with Crippen molar-refractivity contribution in [2.24, 2.45) is 5.73 Å². The first-order valence-corrected chi connectivity index (χ1v) is 10.2. The minimum atomic E-state index is -4.70. The second-order valence-corrected chi connectivity index (χ2v) is 7.62. The van der Waals surface area contributed by atoms with Gasteiger partial charge >= 0.3 is 35.5 Å². The summed E-state index contributed by atoms with van der Waals surface area (Å²) in [6, 6.07) is 0. The van der Waals surface area contributed by atoms with Gasteiger partial charge in [0.1, 0.15) is 0 Å². The molecule has 0 aliphatic rings. The molecule has 0 aromatic carbocycles. The zero-order valence-corrected chi connectivity index (χ0v) is 18.4. The van der Waals surface area contributed by atoms with E-state index in [1.807, 2.05) is 0 Å². The maximum absolute atomic E-state index is 11.6. The molecule has 25 heavy (non-hydrogen) atoms. The van der Waals surface area contributed by atoms with Gasteiger partial charge in [0.15, 0.2) is 5.25 Å². The number of hydrogen-bond acceptors (Lipinski definition) is 5. The van der Waals surface area contributed by atoms with E-state index in [-0.39, 0.29) is 37.6 Å². The van der Waals surface area contributed by atoms with Gasteiger partial charge in [-0.3, -0.25) is 14.1 Å². The first kappa shape index (κ1) is 27.1. The Bertz CT molecular complexity index is 475. The fourth-order valence-electron chi connectivity index (χ4n) is 2.35. The standard InChI is InChI=1S/C16H31NO6S.Na.H/c1-2-3-4-5-6-7-8-9-10-11-12-23-16(19)14(13-15(17)18)24(20,21)22;;/h14H,2-13H2,1H3,(H2,17,18)(H,20,21,22);;/q;+1;-1. The van der Waals surface area contributed by atoms with Crippen LogP contribution in [0.15, 0.2) is 0 Å². The summed E-state index contributed by atoms with van der Waals surface area (Å²) in [4.78, 5) is 22.4. The van der Waals surface area contributed by atoms with Gasteiger partial charge in [0.25, 0.3) is 10.1 Å². The molecule has 7 nitrogen and oxygen atoms in total. The summed E-state index contributed by atoms with van der Waals surface area (Å²) in [5, 5.41) is -1.93. The van der Waals surface area contributed by atoms with Gasteiger partial charge in [-0.15, -0.1) is 0 Å². The van der Waals surface area contributed by atoms with Crippen LogP contribution in [0.3, 0.4) is 0 Å². The van der Waals surface area contributed by atoms with Crippen LogP contribution in [-0.4, -0.2) is 36.7 Å². The van der Waals surface area contributed by atoms with E-state index in [1.165, 1.54) is 38.5 Å². The van der Waals surface area contributed by atoms with Gasteiger partial charge in [-0.25, -0.2) is 0 Å². The molecule has 0 heterocycles. The van der Waals surface area contributed by atoms with Crippen molar-refractivity contribution in [2.75, 3.05) is 6.61 Å². The minimum absolute atomic E-state index is 0. The molecular formula is C16H32NNaO6S. The summed E-state index contributed by atoms with van der Waals surface area (Å²) in [5.74, 6) is -2.12. The van der Waals surface area contributed by atoms with E-state index in [1.54, 1.807) is 0 Å². The summed E-state index contributed by atoms with van der Waals surface area (Å²) < 4.78 is 35.9. The van der Waals surface area contributed by atoms with E-state index in [0.29, 0.717) is 6.42 Å². The number of ether oxygens (including phenoxy) is 1. The molecule has 0 aliphatic heterocycles. The Morgan fingerprint density at radius 3 is 1.84 bits per heavy atom. The summed E-state index contributed by atoms with van der Waals surface area (Å²) in [5.41, 5.74) is 4.87.